The second-order valence-corrected chi connectivity index (χ2v) is 8.39. The molecule has 0 saturated carbocycles. The monoisotopic (exact) mass is 527 g/mol. The first-order valence-corrected chi connectivity index (χ1v) is 11.9. The summed E-state index contributed by atoms with van der Waals surface area (Å²) in [7, 11) is 1.44. The summed E-state index contributed by atoms with van der Waals surface area (Å²) in [6, 6.07) is 11.8. The Kier molecular flexibility index (Phi) is 11.6. The van der Waals surface area contributed by atoms with Crippen molar-refractivity contribution in [3.63, 3.8) is 0 Å². The zero-order chi connectivity index (χ0) is 28.1. The maximum absolute atomic E-state index is 12.5. The van der Waals surface area contributed by atoms with E-state index < -0.39 is 23.8 Å². The molecule has 0 heterocycles. The van der Waals surface area contributed by atoms with E-state index in [2.05, 4.69) is 21.3 Å². The molecule has 2 aromatic carbocycles. The number of urea groups is 1. The van der Waals surface area contributed by atoms with Crippen LogP contribution in [0.15, 0.2) is 42.5 Å². The summed E-state index contributed by atoms with van der Waals surface area (Å²) < 4.78 is 5.36. The molecule has 5 N–H and O–H groups in total. The molecule has 12 heteroatoms. The molecule has 0 bridgehead atoms. The average Bonchev–Trinajstić information content (AvgIpc) is 2.86. The minimum absolute atomic E-state index is 0.0489. The molecule has 0 unspecified atom stereocenters. The molecule has 5 amide bonds. The van der Waals surface area contributed by atoms with Crippen molar-refractivity contribution in [3.8, 4) is 5.75 Å². The number of nitrogens with one attached hydrogen (secondary N) is 4. The SMILES string of the molecule is COc1cc(CC(=O)NCC(=O)N(CCNC(C)=O)CCC(=O)O)ccc1NC(=O)Nc1ccccc1C. The summed E-state index contributed by atoms with van der Waals surface area (Å²) in [6.07, 6.45) is -0.316. The molecule has 0 aliphatic rings. The van der Waals surface area contributed by atoms with E-state index in [1.165, 1.54) is 18.9 Å². The lowest BCUT2D eigenvalue weighted by Crippen LogP contribution is -2.44. The summed E-state index contributed by atoms with van der Waals surface area (Å²) in [6.45, 7) is 3.12. The van der Waals surface area contributed by atoms with Crippen LogP contribution in [0.4, 0.5) is 16.2 Å². The molecule has 2 aromatic rings. The van der Waals surface area contributed by atoms with Gasteiger partial charge in [-0.15, -0.1) is 0 Å². The third kappa shape index (κ3) is 10.2. The van der Waals surface area contributed by atoms with Crippen LogP contribution in [0.1, 0.15) is 24.5 Å². The lowest BCUT2D eigenvalue weighted by Gasteiger charge is -2.22. The second-order valence-electron chi connectivity index (χ2n) is 8.39. The van der Waals surface area contributed by atoms with E-state index >= 15 is 0 Å². The molecule has 0 radical (unpaired) electrons. The van der Waals surface area contributed by atoms with Crippen LogP contribution in [-0.2, 0) is 25.6 Å². The van der Waals surface area contributed by atoms with Gasteiger partial charge in [-0.2, -0.15) is 0 Å². The molecule has 0 atom stereocenters. The first kappa shape index (κ1) is 29.6. The minimum Gasteiger partial charge on any atom is -0.495 e. The number of carboxylic acids is 1. The number of aryl methyl sites for hydroxylation is 1. The van der Waals surface area contributed by atoms with E-state index in [-0.39, 0.29) is 44.9 Å². The van der Waals surface area contributed by atoms with Crippen LogP contribution >= 0.6 is 0 Å². The van der Waals surface area contributed by atoms with Crippen molar-refractivity contribution in [1.82, 2.24) is 15.5 Å². The van der Waals surface area contributed by atoms with Crippen molar-refractivity contribution in [2.45, 2.75) is 26.7 Å². The van der Waals surface area contributed by atoms with Gasteiger partial charge in [-0.25, -0.2) is 4.79 Å². The summed E-state index contributed by atoms with van der Waals surface area (Å²) in [5.41, 5.74) is 2.58. The quantitative estimate of drug-likeness (QED) is 0.265. The number of anilines is 2. The zero-order valence-electron chi connectivity index (χ0n) is 21.6. The first-order valence-electron chi connectivity index (χ1n) is 11.9. The van der Waals surface area contributed by atoms with Gasteiger partial charge in [0.2, 0.25) is 17.7 Å². The topological polar surface area (TPSA) is 166 Å². The smallest absolute Gasteiger partial charge is 0.323 e. The molecule has 12 nitrogen and oxygen atoms in total. The first-order chi connectivity index (χ1) is 18.1. The summed E-state index contributed by atoms with van der Waals surface area (Å²) in [5.74, 6) is -1.89. The van der Waals surface area contributed by atoms with Crippen molar-refractivity contribution in [3.05, 3.63) is 53.6 Å². The van der Waals surface area contributed by atoms with Crippen LogP contribution in [0.2, 0.25) is 0 Å². The summed E-state index contributed by atoms with van der Waals surface area (Å²) >= 11 is 0. The highest BCUT2D eigenvalue weighted by Gasteiger charge is 2.17. The van der Waals surface area contributed by atoms with Gasteiger partial charge < -0.3 is 36.0 Å². The van der Waals surface area contributed by atoms with Gasteiger partial charge in [0.1, 0.15) is 5.75 Å². The standard InChI is InChI=1S/C26H33N5O7/c1-17-6-4-5-7-20(17)29-26(37)30-21-9-8-19(14-22(21)38-3)15-23(33)28-16-24(34)31(12-10-25(35)36)13-11-27-18(2)32/h4-9,14H,10-13,15-16H2,1-3H3,(H,27,32)(H,28,33)(H,35,36)(H2,29,30,37). The maximum atomic E-state index is 12.5. The number of para-hydroxylation sites is 1. The second kappa shape index (κ2) is 14.8. The molecule has 0 aromatic heterocycles. The molecule has 0 aliphatic carbocycles. The van der Waals surface area contributed by atoms with Crippen LogP contribution < -0.4 is 26.0 Å². The van der Waals surface area contributed by atoms with Gasteiger partial charge >= 0.3 is 12.0 Å². The van der Waals surface area contributed by atoms with Crippen LogP contribution in [-0.4, -0.2) is 73.0 Å². The van der Waals surface area contributed by atoms with Crippen LogP contribution in [0.25, 0.3) is 0 Å². The Morgan fingerprint density at radius 2 is 1.66 bits per heavy atom. The fourth-order valence-electron chi connectivity index (χ4n) is 3.43. The van der Waals surface area contributed by atoms with Gasteiger partial charge in [-0.05, 0) is 36.2 Å². The number of aliphatic carboxylic acids is 1. The third-order valence-electron chi connectivity index (χ3n) is 5.41. The zero-order valence-corrected chi connectivity index (χ0v) is 21.6. The summed E-state index contributed by atoms with van der Waals surface area (Å²) in [4.78, 5) is 60.6. The Hall–Kier alpha value is -4.61. The van der Waals surface area contributed by atoms with E-state index in [0.29, 0.717) is 22.7 Å². The lowest BCUT2D eigenvalue weighted by atomic mass is 10.1. The van der Waals surface area contributed by atoms with Crippen molar-refractivity contribution in [2.75, 3.05) is 43.9 Å². The normalized spacial score (nSPS) is 10.2. The maximum Gasteiger partial charge on any atom is 0.323 e. The Bertz CT molecular complexity index is 1170. The molecule has 38 heavy (non-hydrogen) atoms. The number of carboxylic acid groups (broad SMARTS) is 1. The molecular weight excluding hydrogens is 494 g/mol. The molecule has 204 valence electrons. The molecule has 0 aliphatic heterocycles. The average molecular weight is 528 g/mol. The van der Waals surface area contributed by atoms with Crippen molar-refractivity contribution in [1.29, 1.82) is 0 Å². The number of methoxy groups -OCH3 is 1. The Morgan fingerprint density at radius 1 is 0.947 bits per heavy atom. The molecule has 0 fully saturated rings. The summed E-state index contributed by atoms with van der Waals surface area (Å²) in [5, 5.41) is 19.5. The molecular formula is C26H33N5O7. The van der Waals surface area contributed by atoms with E-state index in [1.807, 2.05) is 25.1 Å². The third-order valence-corrected chi connectivity index (χ3v) is 5.41. The number of hydrogen-bond donors (Lipinski definition) is 5. The largest absolute Gasteiger partial charge is 0.495 e. The van der Waals surface area contributed by atoms with Crippen molar-refractivity contribution >= 4 is 41.1 Å². The molecule has 2 rings (SSSR count). The number of rotatable bonds is 13. The van der Waals surface area contributed by atoms with Gasteiger partial charge in [0, 0.05) is 32.2 Å². The number of ether oxygens (including phenoxy) is 1. The fraction of sp³-hybridized carbons (Fsp3) is 0.346. The Morgan fingerprint density at radius 3 is 2.32 bits per heavy atom. The number of carbonyl (C=O) groups excluding carboxylic acids is 4. The van der Waals surface area contributed by atoms with Gasteiger partial charge in [0.15, 0.2) is 0 Å². The Balaban J connectivity index is 1.93. The lowest BCUT2D eigenvalue weighted by molar-refractivity contribution is -0.139. The van der Waals surface area contributed by atoms with Crippen LogP contribution in [0.3, 0.4) is 0 Å². The van der Waals surface area contributed by atoms with Crippen LogP contribution in [0, 0.1) is 6.92 Å². The highest BCUT2D eigenvalue weighted by molar-refractivity contribution is 6.01. The van der Waals surface area contributed by atoms with Crippen molar-refractivity contribution < 1.29 is 33.8 Å². The molecule has 0 saturated heterocycles. The van der Waals surface area contributed by atoms with E-state index in [9.17, 15) is 24.0 Å². The number of amides is 5. The number of carbonyl (C=O) groups is 5. The predicted octanol–water partition coefficient (Wildman–Crippen LogP) is 1.75. The van der Waals surface area contributed by atoms with E-state index in [0.717, 1.165) is 5.56 Å². The van der Waals surface area contributed by atoms with Crippen LogP contribution in [0.5, 0.6) is 5.75 Å². The predicted molar refractivity (Wildman–Crippen MR) is 141 cm³/mol. The van der Waals surface area contributed by atoms with Gasteiger partial charge in [0.05, 0.1) is 32.2 Å². The number of hydrogen-bond acceptors (Lipinski definition) is 6. The van der Waals surface area contributed by atoms with E-state index in [1.54, 1.807) is 24.3 Å². The highest BCUT2D eigenvalue weighted by atomic mass is 16.5. The Labute approximate surface area is 220 Å². The van der Waals surface area contributed by atoms with Crippen molar-refractivity contribution in [2.24, 2.45) is 0 Å². The number of benzene rings is 2. The fourth-order valence-corrected chi connectivity index (χ4v) is 3.43. The molecule has 0 spiro atoms. The van der Waals surface area contributed by atoms with Gasteiger partial charge in [-0.1, -0.05) is 24.3 Å². The number of nitrogens with zero attached hydrogens (tertiary/aromatic N) is 1. The minimum atomic E-state index is -1.06. The van der Waals surface area contributed by atoms with Gasteiger partial charge in [-0.3, -0.25) is 19.2 Å². The van der Waals surface area contributed by atoms with Gasteiger partial charge in [0.25, 0.3) is 0 Å². The van der Waals surface area contributed by atoms with E-state index in [4.69, 9.17) is 9.84 Å². The highest BCUT2D eigenvalue weighted by Crippen LogP contribution is 2.26.